The van der Waals surface area contributed by atoms with Gasteiger partial charge in [-0.2, -0.15) is 0 Å². The van der Waals surface area contributed by atoms with Gasteiger partial charge in [0.15, 0.2) is 0 Å². The second-order valence-electron chi connectivity index (χ2n) is 6.21. The van der Waals surface area contributed by atoms with Gasteiger partial charge < -0.3 is 5.32 Å². The average molecular weight is 295 g/mol. The van der Waals surface area contributed by atoms with Crippen LogP contribution >= 0.6 is 11.8 Å². The van der Waals surface area contributed by atoms with Crippen molar-refractivity contribution in [3.8, 4) is 0 Å². The minimum absolute atomic E-state index is 0.0585. The summed E-state index contributed by atoms with van der Waals surface area (Å²) in [5, 5.41) is 3.42. The zero-order valence-electron chi connectivity index (χ0n) is 12.6. The molecule has 0 radical (unpaired) electrons. The number of benzene rings is 1. The Morgan fingerprint density at radius 3 is 2.75 bits per heavy atom. The van der Waals surface area contributed by atoms with Crippen LogP contribution in [-0.2, 0) is 6.54 Å². The minimum atomic E-state index is -0.0585. The molecule has 0 bridgehead atoms. The van der Waals surface area contributed by atoms with Gasteiger partial charge in [-0.05, 0) is 42.9 Å². The Morgan fingerprint density at radius 1 is 1.30 bits per heavy atom. The van der Waals surface area contributed by atoms with E-state index in [4.69, 9.17) is 0 Å². The van der Waals surface area contributed by atoms with Gasteiger partial charge in [0.25, 0.3) is 0 Å². The molecular weight excluding hydrogens is 269 g/mol. The van der Waals surface area contributed by atoms with Crippen molar-refractivity contribution >= 4 is 11.8 Å². The van der Waals surface area contributed by atoms with E-state index < -0.39 is 0 Å². The molecule has 0 amide bonds. The maximum atomic E-state index is 14.1. The molecule has 1 aromatic carbocycles. The molecule has 0 aromatic heterocycles. The number of rotatable bonds is 7. The normalized spacial score (nSPS) is 16.2. The lowest BCUT2D eigenvalue weighted by Gasteiger charge is -2.14. The number of thioether (sulfide) groups is 1. The van der Waals surface area contributed by atoms with Crippen LogP contribution in [0.25, 0.3) is 0 Å². The highest BCUT2D eigenvalue weighted by atomic mass is 32.2. The van der Waals surface area contributed by atoms with E-state index in [1.807, 2.05) is 12.1 Å². The van der Waals surface area contributed by atoms with E-state index in [1.54, 1.807) is 17.8 Å². The maximum absolute atomic E-state index is 14.1. The largest absolute Gasteiger partial charge is 0.312 e. The van der Waals surface area contributed by atoms with E-state index in [0.29, 0.717) is 5.92 Å². The first kappa shape index (κ1) is 15.8. The van der Waals surface area contributed by atoms with Crippen LogP contribution in [0, 0.1) is 17.7 Å². The van der Waals surface area contributed by atoms with E-state index >= 15 is 0 Å². The van der Waals surface area contributed by atoms with E-state index in [9.17, 15) is 4.39 Å². The summed E-state index contributed by atoms with van der Waals surface area (Å²) in [4.78, 5) is 0.857. The predicted molar refractivity (Wildman–Crippen MR) is 85.6 cm³/mol. The van der Waals surface area contributed by atoms with Crippen LogP contribution in [0.4, 0.5) is 4.39 Å². The molecule has 1 aromatic rings. The molecule has 0 heterocycles. The van der Waals surface area contributed by atoms with Crippen LogP contribution in [0.2, 0.25) is 0 Å². The Labute approximate surface area is 126 Å². The summed E-state index contributed by atoms with van der Waals surface area (Å²) in [5.41, 5.74) is 1.11. The molecule has 1 saturated carbocycles. The molecule has 1 aliphatic rings. The molecule has 0 atom stereocenters. The van der Waals surface area contributed by atoms with E-state index in [2.05, 4.69) is 19.2 Å². The first-order valence-corrected chi connectivity index (χ1v) is 8.76. The quantitative estimate of drug-likeness (QED) is 0.721. The third-order valence-corrected chi connectivity index (χ3v) is 5.24. The van der Waals surface area contributed by atoms with Crippen molar-refractivity contribution in [1.82, 2.24) is 5.32 Å². The lowest BCUT2D eigenvalue weighted by atomic mass is 10.1. The van der Waals surface area contributed by atoms with Gasteiger partial charge in [0.1, 0.15) is 5.82 Å². The van der Waals surface area contributed by atoms with E-state index in [-0.39, 0.29) is 5.82 Å². The Bertz CT molecular complexity index is 413. The van der Waals surface area contributed by atoms with Gasteiger partial charge in [-0.3, -0.25) is 0 Å². The number of nitrogens with one attached hydrogen (secondary N) is 1. The third-order valence-electron chi connectivity index (χ3n) is 3.85. The Hall–Kier alpha value is -0.540. The predicted octanol–water partition coefficient (Wildman–Crippen LogP) is 4.85. The van der Waals surface area contributed by atoms with Gasteiger partial charge in [0.05, 0.1) is 0 Å². The minimum Gasteiger partial charge on any atom is -0.312 e. The van der Waals surface area contributed by atoms with Crippen LogP contribution in [0.1, 0.15) is 45.1 Å². The highest BCUT2D eigenvalue weighted by molar-refractivity contribution is 7.99. The standard InChI is InChI=1S/C17H26FNS/c1-13(2)10-19-11-15-8-5-9-16(18)17(15)20-12-14-6-3-4-7-14/h5,8-9,13-14,19H,3-4,6-7,10-12H2,1-2H3. The van der Waals surface area contributed by atoms with Crippen molar-refractivity contribution in [2.75, 3.05) is 12.3 Å². The van der Waals surface area contributed by atoms with Gasteiger partial charge >= 0.3 is 0 Å². The zero-order valence-corrected chi connectivity index (χ0v) is 13.4. The molecule has 2 rings (SSSR count). The molecule has 20 heavy (non-hydrogen) atoms. The Kier molecular flexibility index (Phi) is 6.37. The van der Waals surface area contributed by atoms with Crippen LogP contribution in [0.15, 0.2) is 23.1 Å². The summed E-state index contributed by atoms with van der Waals surface area (Å²) in [7, 11) is 0. The van der Waals surface area contributed by atoms with Crippen LogP contribution < -0.4 is 5.32 Å². The van der Waals surface area contributed by atoms with Gasteiger partial charge in [0.2, 0.25) is 0 Å². The molecule has 1 N–H and O–H groups in total. The van der Waals surface area contributed by atoms with Crippen LogP contribution in [0.3, 0.4) is 0 Å². The summed E-state index contributed by atoms with van der Waals surface area (Å²) in [6, 6.07) is 5.46. The zero-order chi connectivity index (χ0) is 14.4. The third kappa shape index (κ3) is 4.78. The van der Waals surface area contributed by atoms with Gasteiger partial charge in [-0.25, -0.2) is 4.39 Å². The molecule has 0 spiro atoms. The van der Waals surface area contributed by atoms with Gasteiger partial charge in [-0.1, -0.05) is 38.8 Å². The van der Waals surface area contributed by atoms with Crippen LogP contribution in [0.5, 0.6) is 0 Å². The monoisotopic (exact) mass is 295 g/mol. The number of hydrogen-bond donors (Lipinski definition) is 1. The molecule has 0 aliphatic heterocycles. The smallest absolute Gasteiger partial charge is 0.137 e. The van der Waals surface area contributed by atoms with Crippen molar-refractivity contribution in [2.45, 2.75) is 51.0 Å². The molecule has 1 nitrogen and oxygen atoms in total. The molecule has 112 valence electrons. The van der Waals surface area contributed by atoms with Crippen molar-refractivity contribution in [3.63, 3.8) is 0 Å². The van der Waals surface area contributed by atoms with Crippen molar-refractivity contribution in [2.24, 2.45) is 11.8 Å². The molecule has 1 fully saturated rings. The van der Waals surface area contributed by atoms with E-state index in [1.165, 1.54) is 25.7 Å². The van der Waals surface area contributed by atoms with Crippen molar-refractivity contribution in [3.05, 3.63) is 29.6 Å². The molecular formula is C17H26FNS. The highest BCUT2D eigenvalue weighted by Crippen LogP contribution is 2.33. The fourth-order valence-corrected chi connectivity index (χ4v) is 4.00. The summed E-state index contributed by atoms with van der Waals surface area (Å²) in [5.74, 6) is 2.42. The second kappa shape index (κ2) is 8.04. The first-order valence-electron chi connectivity index (χ1n) is 7.77. The summed E-state index contributed by atoms with van der Waals surface area (Å²) < 4.78 is 14.1. The Balaban J connectivity index is 1.94. The Morgan fingerprint density at radius 2 is 2.05 bits per heavy atom. The fraction of sp³-hybridized carbons (Fsp3) is 0.647. The molecule has 1 aliphatic carbocycles. The highest BCUT2D eigenvalue weighted by Gasteiger charge is 2.17. The lowest BCUT2D eigenvalue weighted by Crippen LogP contribution is -2.19. The summed E-state index contributed by atoms with van der Waals surface area (Å²) >= 11 is 1.71. The van der Waals surface area contributed by atoms with Crippen molar-refractivity contribution in [1.29, 1.82) is 0 Å². The van der Waals surface area contributed by atoms with Crippen molar-refractivity contribution < 1.29 is 4.39 Å². The first-order chi connectivity index (χ1) is 9.66. The summed E-state index contributed by atoms with van der Waals surface area (Å²) in [6.45, 7) is 6.12. The summed E-state index contributed by atoms with van der Waals surface area (Å²) in [6.07, 6.45) is 5.35. The van der Waals surface area contributed by atoms with Gasteiger partial charge in [0, 0.05) is 17.2 Å². The average Bonchev–Trinajstić information content (AvgIpc) is 2.90. The maximum Gasteiger partial charge on any atom is 0.137 e. The SMILES string of the molecule is CC(C)CNCc1cccc(F)c1SCC1CCCC1. The molecule has 0 unspecified atom stereocenters. The molecule has 3 heteroatoms. The van der Waals surface area contributed by atoms with Crippen LogP contribution in [-0.4, -0.2) is 12.3 Å². The number of halogens is 1. The molecule has 0 saturated heterocycles. The number of hydrogen-bond acceptors (Lipinski definition) is 2. The second-order valence-corrected chi connectivity index (χ2v) is 7.24. The van der Waals surface area contributed by atoms with E-state index in [0.717, 1.165) is 35.2 Å². The fourth-order valence-electron chi connectivity index (χ4n) is 2.73. The lowest BCUT2D eigenvalue weighted by molar-refractivity contribution is 0.542. The topological polar surface area (TPSA) is 12.0 Å². The van der Waals surface area contributed by atoms with Gasteiger partial charge in [-0.15, -0.1) is 11.8 Å².